The van der Waals surface area contributed by atoms with Crippen LogP contribution in [0.4, 0.5) is 32.2 Å². The van der Waals surface area contributed by atoms with Gasteiger partial charge in [-0.1, -0.05) is 12.1 Å². The van der Waals surface area contributed by atoms with Crippen LogP contribution in [0.5, 0.6) is 5.75 Å². The number of anilines is 1. The smallest absolute Gasteiger partial charge is 0.415 e. The van der Waals surface area contributed by atoms with Gasteiger partial charge in [-0.3, -0.25) is 9.89 Å². The summed E-state index contributed by atoms with van der Waals surface area (Å²) in [6.45, 7) is -0.468. The molecule has 8 nitrogen and oxygen atoms in total. The average Bonchev–Trinajstić information content (AvgIpc) is 2.82. The summed E-state index contributed by atoms with van der Waals surface area (Å²) in [6.07, 6.45) is -4.31. The first-order valence-corrected chi connectivity index (χ1v) is 10.1. The van der Waals surface area contributed by atoms with Crippen LogP contribution < -0.4 is 10.1 Å². The van der Waals surface area contributed by atoms with Crippen LogP contribution in [0, 0.1) is 0 Å². The molecule has 2 aromatic rings. The van der Waals surface area contributed by atoms with Crippen LogP contribution in [-0.2, 0) is 4.74 Å². The number of hydrogen-bond acceptors (Lipinski definition) is 7. The number of amidine groups is 1. The molecule has 0 bridgehead atoms. The van der Waals surface area contributed by atoms with Crippen LogP contribution in [0.2, 0.25) is 0 Å². The summed E-state index contributed by atoms with van der Waals surface area (Å²) < 4.78 is 87.1. The van der Waals surface area contributed by atoms with Gasteiger partial charge in [-0.25, -0.2) is 9.38 Å². The predicted molar refractivity (Wildman–Crippen MR) is 116 cm³/mol. The van der Waals surface area contributed by atoms with E-state index in [2.05, 4.69) is 37.0 Å². The van der Waals surface area contributed by atoms with Gasteiger partial charge in [0.25, 0.3) is 0 Å². The third-order valence-corrected chi connectivity index (χ3v) is 4.69. The number of aromatic nitrogens is 2. The summed E-state index contributed by atoms with van der Waals surface area (Å²) >= 11 is 0. The number of halogens is 6. The van der Waals surface area contributed by atoms with E-state index in [9.17, 15) is 26.3 Å². The molecule has 0 spiro atoms. The molecule has 0 amide bonds. The zero-order chi connectivity index (χ0) is 25.4. The lowest BCUT2D eigenvalue weighted by atomic mass is 10.1. The Morgan fingerprint density at radius 3 is 2.69 bits per heavy atom. The molecule has 0 saturated carbocycles. The predicted octanol–water partition coefficient (Wildman–Crippen LogP) is 4.29. The maximum atomic E-state index is 14.5. The quantitative estimate of drug-likeness (QED) is 0.330. The van der Waals surface area contributed by atoms with Gasteiger partial charge in [0.15, 0.2) is 23.6 Å². The van der Waals surface area contributed by atoms with Crippen molar-refractivity contribution in [1.29, 1.82) is 0 Å². The standard InChI is InChI=1S/C21H20F6N6O2/c1-28-10-16(22)19(29-12-33-6-7-34-17(11-33)21(25,26)27)31-18-8-14(9-30-32-18)13-2-4-15(5-3-13)35-20(23)24/h2-5,8-10,17,20H,1,6-7,11-12H2,(H,29,31,32)/b16-10+. The lowest BCUT2D eigenvalue weighted by molar-refractivity contribution is -0.237. The first-order chi connectivity index (χ1) is 16.7. The van der Waals surface area contributed by atoms with Crippen molar-refractivity contribution in [2.24, 2.45) is 9.98 Å². The van der Waals surface area contributed by atoms with Crippen LogP contribution in [0.25, 0.3) is 11.1 Å². The molecule has 2 heterocycles. The second-order valence-electron chi connectivity index (χ2n) is 7.14. The molecule has 0 aliphatic carbocycles. The number of rotatable bonds is 8. The normalized spacial score (nSPS) is 18.0. The van der Waals surface area contributed by atoms with E-state index in [0.717, 1.165) is 6.20 Å². The summed E-state index contributed by atoms with van der Waals surface area (Å²) in [5.74, 6) is -1.24. The Balaban J connectivity index is 1.76. The van der Waals surface area contributed by atoms with Crippen molar-refractivity contribution in [3.8, 4) is 16.9 Å². The second-order valence-corrected chi connectivity index (χ2v) is 7.14. The number of aliphatic imine (C=N–C) groups is 2. The minimum Gasteiger partial charge on any atom is -0.435 e. The number of nitrogens with zero attached hydrogens (tertiary/aromatic N) is 5. The van der Waals surface area contributed by atoms with E-state index in [1.165, 1.54) is 41.4 Å². The molecular weight excluding hydrogens is 482 g/mol. The second kappa shape index (κ2) is 11.8. The average molecular weight is 502 g/mol. The monoisotopic (exact) mass is 502 g/mol. The van der Waals surface area contributed by atoms with E-state index in [0.29, 0.717) is 11.1 Å². The lowest BCUT2D eigenvalue weighted by Gasteiger charge is -2.32. The Kier molecular flexibility index (Phi) is 8.76. The fourth-order valence-electron chi connectivity index (χ4n) is 3.05. The topological polar surface area (TPSA) is 84.2 Å². The van der Waals surface area contributed by atoms with Crippen molar-refractivity contribution in [3.63, 3.8) is 0 Å². The highest BCUT2D eigenvalue weighted by molar-refractivity contribution is 6.06. The summed E-state index contributed by atoms with van der Waals surface area (Å²) in [5, 5.41) is 10.3. The SMILES string of the molecule is C=N/C=C(F)\C(=N/CN1CCOC(C(F)(F)F)C1)Nc1cc(-c2ccc(OC(F)F)cc2)cnn1. The van der Waals surface area contributed by atoms with Gasteiger partial charge in [0.2, 0.25) is 0 Å². The van der Waals surface area contributed by atoms with Crippen LogP contribution in [-0.4, -0.2) is 72.9 Å². The van der Waals surface area contributed by atoms with Gasteiger partial charge >= 0.3 is 12.8 Å². The molecule has 1 saturated heterocycles. The van der Waals surface area contributed by atoms with Gasteiger partial charge in [-0.2, -0.15) is 27.1 Å². The van der Waals surface area contributed by atoms with Crippen molar-refractivity contribution >= 4 is 18.4 Å². The largest absolute Gasteiger partial charge is 0.435 e. The Hall–Kier alpha value is -3.52. The van der Waals surface area contributed by atoms with E-state index in [-0.39, 0.29) is 37.2 Å². The van der Waals surface area contributed by atoms with Gasteiger partial charge in [-0.05, 0) is 30.5 Å². The van der Waals surface area contributed by atoms with Gasteiger partial charge in [0, 0.05) is 18.7 Å². The fraction of sp³-hybridized carbons (Fsp3) is 0.333. The molecule has 1 aromatic heterocycles. The lowest BCUT2D eigenvalue weighted by Crippen LogP contribution is -2.49. The van der Waals surface area contributed by atoms with Crippen molar-refractivity contribution < 1.29 is 35.8 Å². The van der Waals surface area contributed by atoms with Gasteiger partial charge in [0.1, 0.15) is 5.75 Å². The van der Waals surface area contributed by atoms with Gasteiger partial charge in [-0.15, -0.1) is 5.10 Å². The molecule has 14 heteroatoms. The summed E-state index contributed by atoms with van der Waals surface area (Å²) in [6, 6.07) is 7.22. The highest BCUT2D eigenvalue weighted by Crippen LogP contribution is 2.26. The van der Waals surface area contributed by atoms with E-state index in [4.69, 9.17) is 4.74 Å². The molecule has 35 heavy (non-hydrogen) atoms. The van der Waals surface area contributed by atoms with Crippen LogP contribution in [0.1, 0.15) is 0 Å². The maximum Gasteiger partial charge on any atom is 0.415 e. The van der Waals surface area contributed by atoms with Crippen molar-refractivity contribution in [2.75, 3.05) is 31.7 Å². The maximum absolute atomic E-state index is 14.5. The first-order valence-electron chi connectivity index (χ1n) is 10.1. The van der Waals surface area contributed by atoms with E-state index in [1.807, 2.05) is 0 Å². The van der Waals surface area contributed by atoms with Gasteiger partial charge in [0.05, 0.1) is 25.7 Å². The van der Waals surface area contributed by atoms with E-state index < -0.39 is 31.3 Å². The highest BCUT2D eigenvalue weighted by atomic mass is 19.4. The van der Waals surface area contributed by atoms with Crippen molar-refractivity contribution in [2.45, 2.75) is 18.9 Å². The first kappa shape index (κ1) is 26.1. The summed E-state index contributed by atoms with van der Waals surface area (Å²) in [4.78, 5) is 8.75. The Morgan fingerprint density at radius 1 is 1.29 bits per heavy atom. The fourth-order valence-corrected chi connectivity index (χ4v) is 3.05. The molecule has 3 rings (SSSR count). The molecule has 1 aromatic carbocycles. The number of hydrogen-bond donors (Lipinski definition) is 1. The molecule has 1 N–H and O–H groups in total. The summed E-state index contributed by atoms with van der Waals surface area (Å²) in [7, 11) is 0. The molecule has 1 atom stereocenters. The number of ether oxygens (including phenoxy) is 2. The van der Waals surface area contributed by atoms with Gasteiger partial charge < -0.3 is 14.8 Å². The number of alkyl halides is 5. The number of benzene rings is 1. The molecule has 188 valence electrons. The summed E-state index contributed by atoms with van der Waals surface area (Å²) in [5.41, 5.74) is 1.09. The molecule has 0 radical (unpaired) electrons. The third kappa shape index (κ3) is 7.75. The molecule has 1 aliphatic heterocycles. The molecule has 1 fully saturated rings. The van der Waals surface area contributed by atoms with Crippen molar-refractivity contribution in [1.82, 2.24) is 15.1 Å². The zero-order valence-electron chi connectivity index (χ0n) is 18.1. The van der Waals surface area contributed by atoms with Crippen molar-refractivity contribution in [3.05, 3.63) is 48.6 Å². The van der Waals surface area contributed by atoms with Crippen LogP contribution in [0.15, 0.2) is 58.5 Å². The molecule has 1 unspecified atom stereocenters. The Labute approximate surface area is 196 Å². The van der Waals surface area contributed by atoms with Crippen LogP contribution >= 0.6 is 0 Å². The Bertz CT molecular complexity index is 1060. The molecule has 1 aliphatic rings. The number of morpholine rings is 1. The third-order valence-electron chi connectivity index (χ3n) is 4.69. The van der Waals surface area contributed by atoms with Crippen LogP contribution in [0.3, 0.4) is 0 Å². The zero-order valence-corrected chi connectivity index (χ0v) is 18.1. The minimum atomic E-state index is -4.53. The van der Waals surface area contributed by atoms with E-state index in [1.54, 1.807) is 0 Å². The highest BCUT2D eigenvalue weighted by Gasteiger charge is 2.43. The minimum absolute atomic E-state index is 0.0291. The van der Waals surface area contributed by atoms with E-state index >= 15 is 0 Å². The number of nitrogens with one attached hydrogen (secondary N) is 1. The Morgan fingerprint density at radius 2 is 2.03 bits per heavy atom. The molecular formula is C21H20F6N6O2.